The Morgan fingerprint density at radius 2 is 1.67 bits per heavy atom. The van der Waals surface area contributed by atoms with Gasteiger partial charge < -0.3 is 19.9 Å². The molecule has 0 spiro atoms. The topological polar surface area (TPSA) is 50.7 Å². The number of aliphatic hydroxyl groups excluding tert-OH is 1. The van der Waals surface area contributed by atoms with E-state index in [1.807, 2.05) is 18.2 Å². The van der Waals surface area contributed by atoms with Gasteiger partial charge in [0.2, 0.25) is 0 Å². The zero-order valence-corrected chi connectivity index (χ0v) is 11.8. The molecule has 1 unspecified atom stereocenters. The van der Waals surface area contributed by atoms with Gasteiger partial charge in [-0.3, -0.25) is 0 Å². The molecule has 102 valence electrons. The van der Waals surface area contributed by atoms with E-state index in [-0.39, 0.29) is 5.54 Å². The van der Waals surface area contributed by atoms with E-state index >= 15 is 0 Å². The van der Waals surface area contributed by atoms with Gasteiger partial charge in [-0.05, 0) is 32.9 Å². The van der Waals surface area contributed by atoms with E-state index in [2.05, 4.69) is 26.1 Å². The number of methoxy groups -OCH3 is 2. The second-order valence-electron chi connectivity index (χ2n) is 5.22. The fourth-order valence-electron chi connectivity index (χ4n) is 1.71. The van der Waals surface area contributed by atoms with Crippen molar-refractivity contribution in [3.63, 3.8) is 0 Å². The maximum atomic E-state index is 10.3. The minimum Gasteiger partial charge on any atom is -0.496 e. The van der Waals surface area contributed by atoms with Crippen molar-refractivity contribution in [3.05, 3.63) is 23.8 Å². The number of aliphatic hydroxyl groups is 1. The molecule has 1 aromatic carbocycles. The van der Waals surface area contributed by atoms with Crippen molar-refractivity contribution in [2.45, 2.75) is 32.4 Å². The molecular formula is C14H23NO3. The first kappa shape index (κ1) is 14.8. The fraction of sp³-hybridized carbons (Fsp3) is 0.571. The molecule has 1 atom stereocenters. The molecule has 0 saturated carbocycles. The van der Waals surface area contributed by atoms with Crippen molar-refractivity contribution in [3.8, 4) is 11.5 Å². The second-order valence-corrected chi connectivity index (χ2v) is 5.22. The highest BCUT2D eigenvalue weighted by Gasteiger charge is 2.20. The normalized spacial score (nSPS) is 13.2. The lowest BCUT2D eigenvalue weighted by molar-refractivity contribution is 0.155. The molecule has 0 bridgehead atoms. The van der Waals surface area contributed by atoms with Crippen LogP contribution in [0, 0.1) is 0 Å². The summed E-state index contributed by atoms with van der Waals surface area (Å²) >= 11 is 0. The smallest absolute Gasteiger partial charge is 0.128 e. The summed E-state index contributed by atoms with van der Waals surface area (Å²) in [5.74, 6) is 1.27. The van der Waals surface area contributed by atoms with E-state index in [4.69, 9.17) is 9.47 Å². The largest absolute Gasteiger partial charge is 0.496 e. The summed E-state index contributed by atoms with van der Waals surface area (Å²) < 4.78 is 10.5. The summed E-state index contributed by atoms with van der Waals surface area (Å²) in [6.45, 7) is 6.61. The van der Waals surface area contributed by atoms with Crippen LogP contribution in [-0.2, 0) is 0 Å². The Kier molecular flexibility index (Phi) is 4.99. The molecule has 0 amide bonds. The van der Waals surface area contributed by atoms with E-state index in [1.54, 1.807) is 14.2 Å². The number of benzene rings is 1. The number of hydrogen-bond acceptors (Lipinski definition) is 4. The Morgan fingerprint density at radius 1 is 1.17 bits per heavy atom. The first-order valence-corrected chi connectivity index (χ1v) is 6.03. The molecule has 0 aliphatic carbocycles. The third kappa shape index (κ3) is 3.89. The molecule has 1 rings (SSSR count). The quantitative estimate of drug-likeness (QED) is 0.844. The number of β-amino-alcohol motifs (C(OH)–C–C–N with tert-alkyl or cyclic N) is 1. The average molecular weight is 253 g/mol. The summed E-state index contributed by atoms with van der Waals surface area (Å²) in [6, 6.07) is 5.47. The van der Waals surface area contributed by atoms with Gasteiger partial charge in [0.25, 0.3) is 0 Å². The Labute approximate surface area is 109 Å². The first-order chi connectivity index (χ1) is 8.39. The molecule has 2 N–H and O–H groups in total. The lowest BCUT2D eigenvalue weighted by Crippen LogP contribution is -2.38. The predicted octanol–water partition coefficient (Wildman–Crippen LogP) is 2.13. The minimum absolute atomic E-state index is 0.0454. The molecule has 1 aromatic rings. The molecule has 18 heavy (non-hydrogen) atoms. The van der Waals surface area contributed by atoms with Crippen LogP contribution in [0.2, 0.25) is 0 Å². The lowest BCUT2D eigenvalue weighted by Gasteiger charge is -2.24. The van der Waals surface area contributed by atoms with Gasteiger partial charge in [0.1, 0.15) is 11.5 Å². The summed E-state index contributed by atoms with van der Waals surface area (Å²) in [7, 11) is 3.17. The van der Waals surface area contributed by atoms with Gasteiger partial charge in [0.15, 0.2) is 0 Å². The highest BCUT2D eigenvalue weighted by Crippen LogP contribution is 2.33. The fourth-order valence-corrected chi connectivity index (χ4v) is 1.71. The first-order valence-electron chi connectivity index (χ1n) is 6.03. The minimum atomic E-state index is -0.671. The number of rotatable bonds is 5. The molecule has 0 fully saturated rings. The van der Waals surface area contributed by atoms with Gasteiger partial charge in [-0.25, -0.2) is 0 Å². The summed E-state index contributed by atoms with van der Waals surface area (Å²) in [4.78, 5) is 0. The van der Waals surface area contributed by atoms with Crippen LogP contribution in [0.25, 0.3) is 0 Å². The molecule has 0 radical (unpaired) electrons. The SMILES string of the molecule is COc1cccc(OC)c1C(O)CNC(C)(C)C. The van der Waals surface area contributed by atoms with Gasteiger partial charge in [-0.15, -0.1) is 0 Å². The Bertz CT molecular complexity index is 363. The van der Waals surface area contributed by atoms with Gasteiger partial charge >= 0.3 is 0 Å². The maximum absolute atomic E-state index is 10.3. The molecule has 0 saturated heterocycles. The number of ether oxygens (including phenoxy) is 2. The Balaban J connectivity index is 2.92. The van der Waals surface area contributed by atoms with Crippen molar-refractivity contribution < 1.29 is 14.6 Å². The lowest BCUT2D eigenvalue weighted by atomic mass is 10.0. The van der Waals surface area contributed by atoms with Crippen molar-refractivity contribution in [2.24, 2.45) is 0 Å². The van der Waals surface area contributed by atoms with E-state index in [9.17, 15) is 5.11 Å². The van der Waals surface area contributed by atoms with Crippen LogP contribution in [0.1, 0.15) is 32.4 Å². The summed E-state index contributed by atoms with van der Waals surface area (Å²) in [6.07, 6.45) is -0.671. The Hall–Kier alpha value is -1.26. The molecule has 4 nitrogen and oxygen atoms in total. The molecule has 0 aliphatic rings. The van der Waals surface area contributed by atoms with E-state index in [1.165, 1.54) is 0 Å². The van der Waals surface area contributed by atoms with Crippen molar-refractivity contribution >= 4 is 0 Å². The van der Waals surface area contributed by atoms with Crippen molar-refractivity contribution in [1.29, 1.82) is 0 Å². The predicted molar refractivity (Wildman–Crippen MR) is 72.3 cm³/mol. The van der Waals surface area contributed by atoms with Crippen LogP contribution >= 0.6 is 0 Å². The number of hydrogen-bond donors (Lipinski definition) is 2. The zero-order chi connectivity index (χ0) is 13.8. The van der Waals surface area contributed by atoms with E-state index in [0.717, 1.165) is 0 Å². The van der Waals surface area contributed by atoms with Gasteiger partial charge in [-0.1, -0.05) is 6.07 Å². The van der Waals surface area contributed by atoms with E-state index in [0.29, 0.717) is 23.6 Å². The van der Waals surface area contributed by atoms with Crippen LogP contribution in [0.5, 0.6) is 11.5 Å². The van der Waals surface area contributed by atoms with Gasteiger partial charge in [0, 0.05) is 12.1 Å². The van der Waals surface area contributed by atoms with Crippen LogP contribution in [0.3, 0.4) is 0 Å². The van der Waals surface area contributed by atoms with Crippen molar-refractivity contribution in [2.75, 3.05) is 20.8 Å². The standard InChI is InChI=1S/C14H23NO3/c1-14(2,3)15-9-10(16)13-11(17-4)7-6-8-12(13)18-5/h6-8,10,15-16H,9H2,1-5H3. The maximum Gasteiger partial charge on any atom is 0.128 e. The average Bonchev–Trinajstić information content (AvgIpc) is 2.33. The third-order valence-corrected chi connectivity index (χ3v) is 2.62. The van der Waals surface area contributed by atoms with Crippen LogP contribution in [0.15, 0.2) is 18.2 Å². The van der Waals surface area contributed by atoms with E-state index < -0.39 is 6.10 Å². The Morgan fingerprint density at radius 3 is 2.06 bits per heavy atom. The van der Waals surface area contributed by atoms with Crippen molar-refractivity contribution in [1.82, 2.24) is 5.32 Å². The number of nitrogens with one attached hydrogen (secondary N) is 1. The third-order valence-electron chi connectivity index (χ3n) is 2.62. The van der Waals surface area contributed by atoms with Crippen LogP contribution < -0.4 is 14.8 Å². The highest BCUT2D eigenvalue weighted by molar-refractivity contribution is 5.46. The monoisotopic (exact) mass is 253 g/mol. The molecule has 0 aliphatic heterocycles. The van der Waals surface area contributed by atoms with Crippen LogP contribution in [0.4, 0.5) is 0 Å². The van der Waals surface area contributed by atoms with Gasteiger partial charge in [-0.2, -0.15) is 0 Å². The molecular weight excluding hydrogens is 230 g/mol. The van der Waals surface area contributed by atoms with Gasteiger partial charge in [0.05, 0.1) is 25.9 Å². The molecule has 0 heterocycles. The summed E-state index contributed by atoms with van der Waals surface area (Å²) in [5, 5.41) is 13.5. The highest BCUT2D eigenvalue weighted by atomic mass is 16.5. The molecule has 4 heteroatoms. The summed E-state index contributed by atoms with van der Waals surface area (Å²) in [5.41, 5.74) is 0.634. The van der Waals surface area contributed by atoms with Crippen LogP contribution in [-0.4, -0.2) is 31.4 Å². The zero-order valence-electron chi connectivity index (χ0n) is 11.8. The molecule has 0 aromatic heterocycles. The second kappa shape index (κ2) is 6.07.